The fraction of sp³-hybridized carbons (Fsp3) is 0.375. The number of anilines is 2. The monoisotopic (exact) mass is 409 g/mol. The molecule has 2 N–H and O–H groups in total. The second kappa shape index (κ2) is 9.67. The zero-order valence-electron chi connectivity index (χ0n) is 18.5. The molecule has 1 heterocycles. The molecule has 1 aliphatic rings. The zero-order chi connectivity index (χ0) is 21.7. The molecule has 0 atom stereocenters. The van der Waals surface area contributed by atoms with Crippen LogP contribution < -0.4 is 20.1 Å². The van der Waals surface area contributed by atoms with E-state index in [-0.39, 0.29) is 5.91 Å². The number of fused-ring (bicyclic) bond motifs is 1. The Morgan fingerprint density at radius 1 is 1.00 bits per heavy atom. The molecule has 0 radical (unpaired) electrons. The number of benzene rings is 2. The van der Waals surface area contributed by atoms with E-state index in [1.54, 1.807) is 20.3 Å². The lowest BCUT2D eigenvalue weighted by Crippen LogP contribution is -2.22. The Kier molecular flexibility index (Phi) is 7.00. The third-order valence-electron chi connectivity index (χ3n) is 5.47. The fourth-order valence-electron chi connectivity index (χ4n) is 3.70. The minimum Gasteiger partial charge on any atom is -0.493 e. The van der Waals surface area contributed by atoms with E-state index in [0.717, 1.165) is 42.3 Å². The van der Waals surface area contributed by atoms with Crippen LogP contribution in [-0.4, -0.2) is 38.1 Å². The molecule has 0 saturated heterocycles. The standard InChI is InChI=1S/C24H31N3O3/c1-6-19(25-17-11-9-16(10-12-17)15-27(7-2)8-3)23-18-13-21(29-4)22(30-5)14-20(18)26-24(23)28/h9-14,25H,6-8,15H2,1-5H3,(H,26,28)/b23-19-. The Hall–Kier alpha value is -2.99. The SMILES string of the molecule is CC/C(Nc1ccc(CN(CC)CC)cc1)=C1/C(=O)Nc2cc(OC)c(OC)cc21. The Morgan fingerprint density at radius 3 is 2.20 bits per heavy atom. The maximum Gasteiger partial charge on any atom is 0.258 e. The van der Waals surface area contributed by atoms with Gasteiger partial charge in [0.05, 0.1) is 25.5 Å². The summed E-state index contributed by atoms with van der Waals surface area (Å²) in [6.45, 7) is 9.39. The van der Waals surface area contributed by atoms with Crippen molar-refractivity contribution in [2.45, 2.75) is 33.7 Å². The average Bonchev–Trinajstić information content (AvgIpc) is 3.10. The average molecular weight is 410 g/mol. The molecule has 0 spiro atoms. The van der Waals surface area contributed by atoms with E-state index in [2.05, 4.69) is 53.6 Å². The predicted octanol–water partition coefficient (Wildman–Crippen LogP) is 4.73. The molecule has 6 nitrogen and oxygen atoms in total. The number of amides is 1. The first-order valence-electron chi connectivity index (χ1n) is 10.4. The highest BCUT2D eigenvalue weighted by Gasteiger charge is 2.29. The van der Waals surface area contributed by atoms with Gasteiger partial charge in [-0.25, -0.2) is 0 Å². The van der Waals surface area contributed by atoms with Crippen molar-refractivity contribution in [3.8, 4) is 11.5 Å². The van der Waals surface area contributed by atoms with Crippen LogP contribution >= 0.6 is 0 Å². The molecule has 0 saturated carbocycles. The molecule has 30 heavy (non-hydrogen) atoms. The van der Waals surface area contributed by atoms with Crippen LogP contribution in [0, 0.1) is 0 Å². The Morgan fingerprint density at radius 2 is 1.63 bits per heavy atom. The molecular weight excluding hydrogens is 378 g/mol. The van der Waals surface area contributed by atoms with Crippen LogP contribution in [0.25, 0.3) is 5.57 Å². The van der Waals surface area contributed by atoms with E-state index in [1.807, 2.05) is 13.0 Å². The molecule has 1 aliphatic heterocycles. The number of ether oxygens (including phenoxy) is 2. The summed E-state index contributed by atoms with van der Waals surface area (Å²) in [7, 11) is 3.18. The maximum absolute atomic E-state index is 12.8. The van der Waals surface area contributed by atoms with Crippen molar-refractivity contribution in [3.63, 3.8) is 0 Å². The van der Waals surface area contributed by atoms with Crippen molar-refractivity contribution in [2.24, 2.45) is 0 Å². The number of rotatable bonds is 9. The van der Waals surface area contributed by atoms with Crippen LogP contribution in [0.15, 0.2) is 42.1 Å². The van der Waals surface area contributed by atoms with Crippen molar-refractivity contribution >= 4 is 22.9 Å². The number of nitrogens with zero attached hydrogens (tertiary/aromatic N) is 1. The van der Waals surface area contributed by atoms with Gasteiger partial charge in [-0.15, -0.1) is 0 Å². The van der Waals surface area contributed by atoms with Gasteiger partial charge in [-0.2, -0.15) is 0 Å². The van der Waals surface area contributed by atoms with E-state index in [9.17, 15) is 4.79 Å². The maximum atomic E-state index is 12.8. The minimum absolute atomic E-state index is 0.122. The van der Waals surface area contributed by atoms with Crippen LogP contribution in [0.5, 0.6) is 11.5 Å². The molecule has 0 aliphatic carbocycles. The summed E-state index contributed by atoms with van der Waals surface area (Å²) in [5.74, 6) is 1.07. The highest BCUT2D eigenvalue weighted by molar-refractivity contribution is 6.32. The lowest BCUT2D eigenvalue weighted by Gasteiger charge is -2.18. The molecule has 2 aromatic rings. The van der Waals surface area contributed by atoms with Gasteiger partial charge >= 0.3 is 0 Å². The third kappa shape index (κ3) is 4.44. The smallest absolute Gasteiger partial charge is 0.258 e. The Bertz CT molecular complexity index is 931. The van der Waals surface area contributed by atoms with Crippen molar-refractivity contribution in [3.05, 3.63) is 53.2 Å². The molecular formula is C24H31N3O3. The number of carbonyl (C=O) groups is 1. The first-order valence-corrected chi connectivity index (χ1v) is 10.4. The summed E-state index contributed by atoms with van der Waals surface area (Å²) < 4.78 is 10.8. The summed E-state index contributed by atoms with van der Waals surface area (Å²) in [6.07, 6.45) is 0.692. The molecule has 160 valence electrons. The number of allylic oxidation sites excluding steroid dienone is 1. The van der Waals surface area contributed by atoms with Crippen molar-refractivity contribution in [1.82, 2.24) is 4.90 Å². The normalized spacial score (nSPS) is 14.4. The summed E-state index contributed by atoms with van der Waals surface area (Å²) in [5.41, 5.74) is 5.30. The van der Waals surface area contributed by atoms with E-state index >= 15 is 0 Å². The van der Waals surface area contributed by atoms with Gasteiger partial charge in [0.2, 0.25) is 0 Å². The van der Waals surface area contributed by atoms with E-state index in [0.29, 0.717) is 23.5 Å². The third-order valence-corrected chi connectivity index (χ3v) is 5.47. The topological polar surface area (TPSA) is 62.8 Å². The van der Waals surface area contributed by atoms with Crippen LogP contribution in [0.4, 0.5) is 11.4 Å². The van der Waals surface area contributed by atoms with Gasteiger partial charge in [-0.05, 0) is 43.3 Å². The van der Waals surface area contributed by atoms with Crippen molar-refractivity contribution < 1.29 is 14.3 Å². The summed E-state index contributed by atoms with van der Waals surface area (Å²) >= 11 is 0. The molecule has 0 aromatic heterocycles. The lowest BCUT2D eigenvalue weighted by molar-refractivity contribution is -0.110. The highest BCUT2D eigenvalue weighted by Crippen LogP contribution is 2.42. The number of hydrogen-bond acceptors (Lipinski definition) is 5. The lowest BCUT2D eigenvalue weighted by atomic mass is 10.0. The molecule has 3 rings (SSSR count). The summed E-state index contributed by atoms with van der Waals surface area (Å²) in [6, 6.07) is 12.1. The minimum atomic E-state index is -0.122. The van der Waals surface area contributed by atoms with E-state index in [4.69, 9.17) is 9.47 Å². The molecule has 0 fully saturated rings. The predicted molar refractivity (Wildman–Crippen MR) is 122 cm³/mol. The zero-order valence-corrected chi connectivity index (χ0v) is 18.5. The molecule has 6 heteroatoms. The van der Waals surface area contributed by atoms with Gasteiger partial charge in [0.1, 0.15) is 0 Å². The van der Waals surface area contributed by atoms with Gasteiger partial charge in [0, 0.05) is 29.6 Å². The van der Waals surface area contributed by atoms with Gasteiger partial charge in [-0.1, -0.05) is 32.9 Å². The van der Waals surface area contributed by atoms with Gasteiger partial charge in [0.25, 0.3) is 5.91 Å². The van der Waals surface area contributed by atoms with Gasteiger partial charge in [0.15, 0.2) is 11.5 Å². The number of nitrogens with one attached hydrogen (secondary N) is 2. The second-order valence-electron chi connectivity index (χ2n) is 7.20. The Labute approximate surface area is 178 Å². The molecule has 2 aromatic carbocycles. The van der Waals surface area contributed by atoms with Crippen LogP contribution in [-0.2, 0) is 11.3 Å². The number of carbonyl (C=O) groups excluding carboxylic acids is 1. The van der Waals surface area contributed by atoms with Crippen LogP contribution in [0.1, 0.15) is 38.3 Å². The largest absolute Gasteiger partial charge is 0.493 e. The first kappa shape index (κ1) is 21.7. The first-order chi connectivity index (χ1) is 14.5. The van der Waals surface area contributed by atoms with Crippen molar-refractivity contribution in [2.75, 3.05) is 37.9 Å². The van der Waals surface area contributed by atoms with Gasteiger partial charge < -0.3 is 20.1 Å². The number of hydrogen-bond donors (Lipinski definition) is 2. The molecule has 0 bridgehead atoms. The summed E-state index contributed by atoms with van der Waals surface area (Å²) in [4.78, 5) is 15.1. The van der Waals surface area contributed by atoms with Crippen LogP contribution in [0.3, 0.4) is 0 Å². The molecule has 0 unspecified atom stereocenters. The van der Waals surface area contributed by atoms with Crippen LogP contribution in [0.2, 0.25) is 0 Å². The Balaban J connectivity index is 1.90. The molecule has 1 amide bonds. The second-order valence-corrected chi connectivity index (χ2v) is 7.20. The van der Waals surface area contributed by atoms with Crippen molar-refractivity contribution in [1.29, 1.82) is 0 Å². The van der Waals surface area contributed by atoms with Gasteiger partial charge in [-0.3, -0.25) is 9.69 Å². The highest BCUT2D eigenvalue weighted by atomic mass is 16.5. The van der Waals surface area contributed by atoms with E-state index in [1.165, 1.54) is 5.56 Å². The quantitative estimate of drug-likeness (QED) is 0.586. The summed E-state index contributed by atoms with van der Waals surface area (Å²) in [5, 5.41) is 6.39. The van der Waals surface area contributed by atoms with E-state index < -0.39 is 0 Å². The number of methoxy groups -OCH3 is 2. The fourth-order valence-corrected chi connectivity index (χ4v) is 3.70.